The van der Waals surface area contributed by atoms with Gasteiger partial charge in [0.1, 0.15) is 16.9 Å². The van der Waals surface area contributed by atoms with Crippen LogP contribution in [0, 0.1) is 5.82 Å². The lowest BCUT2D eigenvalue weighted by molar-refractivity contribution is 0.612. The highest BCUT2D eigenvalue weighted by Crippen LogP contribution is 2.20. The van der Waals surface area contributed by atoms with Crippen molar-refractivity contribution >= 4 is 22.6 Å². The minimum absolute atomic E-state index is 0.188. The van der Waals surface area contributed by atoms with Crippen molar-refractivity contribution in [3.63, 3.8) is 0 Å². The number of hydrogen-bond acceptors (Lipinski definition) is 3. The molecule has 2 aromatic heterocycles. The minimum atomic E-state index is -0.533. The third-order valence-corrected chi connectivity index (χ3v) is 2.74. The zero-order valence-electron chi connectivity index (χ0n) is 8.89. The van der Waals surface area contributed by atoms with E-state index in [0.29, 0.717) is 16.1 Å². The Hall–Kier alpha value is -2.21. The summed E-state index contributed by atoms with van der Waals surface area (Å²) in [6.07, 6.45) is 2.59. The summed E-state index contributed by atoms with van der Waals surface area (Å²) in [5.41, 5.74) is 0.160. The van der Waals surface area contributed by atoms with E-state index >= 15 is 0 Å². The van der Waals surface area contributed by atoms with Crippen molar-refractivity contribution in [1.82, 2.24) is 19.7 Å². The van der Waals surface area contributed by atoms with Gasteiger partial charge in [0.15, 0.2) is 5.65 Å². The van der Waals surface area contributed by atoms with Gasteiger partial charge in [-0.05, 0) is 18.2 Å². The molecule has 0 aliphatic carbocycles. The zero-order chi connectivity index (χ0) is 12.7. The molecule has 1 aromatic carbocycles. The Morgan fingerprint density at radius 2 is 2.22 bits per heavy atom. The van der Waals surface area contributed by atoms with E-state index in [2.05, 4.69) is 15.1 Å². The molecule has 5 nitrogen and oxygen atoms in total. The number of aromatic nitrogens is 4. The second kappa shape index (κ2) is 3.92. The average Bonchev–Trinajstić information content (AvgIpc) is 2.74. The predicted octanol–water partition coefficient (Wildman–Crippen LogP) is 1.90. The molecule has 0 atom stereocenters. The van der Waals surface area contributed by atoms with Crippen molar-refractivity contribution in [1.29, 1.82) is 0 Å². The number of H-pyrrole nitrogens is 1. The Morgan fingerprint density at radius 1 is 1.39 bits per heavy atom. The molecule has 0 bridgehead atoms. The topological polar surface area (TPSA) is 63.6 Å². The fourth-order valence-electron chi connectivity index (χ4n) is 1.69. The van der Waals surface area contributed by atoms with Gasteiger partial charge in [-0.15, -0.1) is 0 Å². The maximum atomic E-state index is 13.8. The van der Waals surface area contributed by atoms with Gasteiger partial charge in [-0.3, -0.25) is 4.79 Å². The van der Waals surface area contributed by atoms with Crippen LogP contribution in [-0.4, -0.2) is 19.7 Å². The summed E-state index contributed by atoms with van der Waals surface area (Å²) in [7, 11) is 0. The summed E-state index contributed by atoms with van der Waals surface area (Å²) in [4.78, 5) is 17.9. The van der Waals surface area contributed by atoms with Crippen LogP contribution in [0.5, 0.6) is 0 Å². The molecule has 0 fully saturated rings. The van der Waals surface area contributed by atoms with E-state index in [-0.39, 0.29) is 11.2 Å². The highest BCUT2D eigenvalue weighted by molar-refractivity contribution is 6.30. The molecule has 2 heterocycles. The van der Waals surface area contributed by atoms with Crippen LogP contribution in [0.2, 0.25) is 5.02 Å². The monoisotopic (exact) mass is 264 g/mol. The second-order valence-electron chi connectivity index (χ2n) is 3.62. The molecule has 18 heavy (non-hydrogen) atoms. The molecule has 3 rings (SSSR count). The van der Waals surface area contributed by atoms with Crippen molar-refractivity contribution in [2.75, 3.05) is 0 Å². The molecule has 0 saturated heterocycles. The fraction of sp³-hybridized carbons (Fsp3) is 0. The van der Waals surface area contributed by atoms with E-state index < -0.39 is 5.82 Å². The van der Waals surface area contributed by atoms with Gasteiger partial charge >= 0.3 is 0 Å². The van der Waals surface area contributed by atoms with Crippen molar-refractivity contribution in [3.05, 3.63) is 51.9 Å². The fourth-order valence-corrected chi connectivity index (χ4v) is 1.84. The van der Waals surface area contributed by atoms with Crippen LogP contribution in [-0.2, 0) is 0 Å². The Bertz CT molecular complexity index is 795. The number of halogens is 2. The quantitative estimate of drug-likeness (QED) is 0.730. The highest BCUT2D eigenvalue weighted by atomic mass is 35.5. The van der Waals surface area contributed by atoms with E-state index in [1.165, 1.54) is 29.3 Å². The number of hydrogen-bond donors (Lipinski definition) is 1. The molecule has 0 aliphatic heterocycles. The average molecular weight is 265 g/mol. The van der Waals surface area contributed by atoms with Crippen molar-refractivity contribution < 1.29 is 4.39 Å². The van der Waals surface area contributed by atoms with Crippen LogP contribution >= 0.6 is 11.6 Å². The van der Waals surface area contributed by atoms with Crippen LogP contribution in [0.4, 0.5) is 4.39 Å². The Morgan fingerprint density at radius 3 is 3.00 bits per heavy atom. The van der Waals surface area contributed by atoms with E-state index in [0.717, 1.165) is 0 Å². The first-order chi connectivity index (χ1) is 8.66. The normalized spacial score (nSPS) is 11.0. The van der Waals surface area contributed by atoms with Gasteiger partial charge in [0.25, 0.3) is 5.56 Å². The molecule has 0 spiro atoms. The standard InChI is InChI=1S/C11H6ClFN4O/c12-6-1-2-9(8(13)3-6)17-10-7(4-16-17)11(18)15-5-14-10/h1-5H,(H,14,15,18). The number of benzene rings is 1. The van der Waals surface area contributed by atoms with Gasteiger partial charge in [-0.25, -0.2) is 14.1 Å². The Kier molecular flexibility index (Phi) is 2.38. The Balaban J connectivity index is 2.32. The molecule has 1 N–H and O–H groups in total. The predicted molar refractivity (Wildman–Crippen MR) is 64.5 cm³/mol. The molecule has 7 heteroatoms. The van der Waals surface area contributed by atoms with E-state index in [4.69, 9.17) is 11.6 Å². The number of fused-ring (bicyclic) bond motifs is 1. The van der Waals surface area contributed by atoms with Crippen molar-refractivity contribution in [3.8, 4) is 5.69 Å². The maximum absolute atomic E-state index is 13.8. The largest absolute Gasteiger partial charge is 0.312 e. The second-order valence-corrected chi connectivity index (χ2v) is 4.06. The van der Waals surface area contributed by atoms with E-state index in [9.17, 15) is 9.18 Å². The molecule has 0 unspecified atom stereocenters. The molecular formula is C11H6ClFN4O. The van der Waals surface area contributed by atoms with Gasteiger partial charge in [-0.1, -0.05) is 11.6 Å². The number of rotatable bonds is 1. The maximum Gasteiger partial charge on any atom is 0.261 e. The third kappa shape index (κ3) is 1.58. The lowest BCUT2D eigenvalue weighted by Gasteiger charge is -2.04. The molecule has 3 aromatic rings. The summed E-state index contributed by atoms with van der Waals surface area (Å²) in [5.74, 6) is -0.533. The zero-order valence-corrected chi connectivity index (χ0v) is 9.65. The summed E-state index contributed by atoms with van der Waals surface area (Å²) in [5, 5.41) is 4.56. The van der Waals surface area contributed by atoms with E-state index in [1.807, 2.05) is 0 Å². The molecule has 0 radical (unpaired) electrons. The lowest BCUT2D eigenvalue weighted by atomic mass is 10.3. The van der Waals surface area contributed by atoms with Crippen LogP contribution in [0.1, 0.15) is 0 Å². The van der Waals surface area contributed by atoms with Crippen LogP contribution in [0.25, 0.3) is 16.7 Å². The molecule has 90 valence electrons. The van der Waals surface area contributed by atoms with Crippen molar-refractivity contribution in [2.45, 2.75) is 0 Å². The molecule has 0 saturated carbocycles. The SMILES string of the molecule is O=c1[nH]cnc2c1cnn2-c1ccc(Cl)cc1F. The van der Waals surface area contributed by atoms with Gasteiger partial charge in [0.05, 0.1) is 12.5 Å². The van der Waals surface area contributed by atoms with Crippen LogP contribution < -0.4 is 5.56 Å². The molecule has 0 aliphatic rings. The third-order valence-electron chi connectivity index (χ3n) is 2.51. The highest BCUT2D eigenvalue weighted by Gasteiger charge is 2.12. The Labute approximate surface area is 105 Å². The van der Waals surface area contributed by atoms with Gasteiger partial charge < -0.3 is 4.98 Å². The lowest BCUT2D eigenvalue weighted by Crippen LogP contribution is -2.07. The van der Waals surface area contributed by atoms with Gasteiger partial charge in [0.2, 0.25) is 0 Å². The van der Waals surface area contributed by atoms with Crippen molar-refractivity contribution in [2.24, 2.45) is 0 Å². The number of nitrogens with zero attached hydrogens (tertiary/aromatic N) is 3. The summed E-state index contributed by atoms with van der Waals surface area (Å²) >= 11 is 5.68. The number of aromatic amines is 1. The summed E-state index contributed by atoms with van der Waals surface area (Å²) in [6.45, 7) is 0. The smallest absolute Gasteiger partial charge is 0.261 e. The number of nitrogens with one attached hydrogen (secondary N) is 1. The first kappa shape index (κ1) is 10.9. The summed E-state index contributed by atoms with van der Waals surface area (Å²) in [6, 6.07) is 4.20. The van der Waals surface area contributed by atoms with Gasteiger partial charge in [0, 0.05) is 5.02 Å². The van der Waals surface area contributed by atoms with Crippen LogP contribution in [0.15, 0.2) is 35.5 Å². The minimum Gasteiger partial charge on any atom is -0.312 e. The molecular weight excluding hydrogens is 259 g/mol. The summed E-state index contributed by atoms with van der Waals surface area (Å²) < 4.78 is 15.0. The van der Waals surface area contributed by atoms with Crippen LogP contribution in [0.3, 0.4) is 0 Å². The first-order valence-electron chi connectivity index (χ1n) is 5.03. The van der Waals surface area contributed by atoms with Gasteiger partial charge in [-0.2, -0.15) is 5.10 Å². The van der Waals surface area contributed by atoms with E-state index in [1.54, 1.807) is 6.07 Å². The molecule has 0 amide bonds. The first-order valence-corrected chi connectivity index (χ1v) is 5.41.